The summed E-state index contributed by atoms with van der Waals surface area (Å²) in [5, 5.41) is 12.2. The zero-order chi connectivity index (χ0) is 24.6. The highest BCUT2D eigenvalue weighted by molar-refractivity contribution is 7.56. The van der Waals surface area contributed by atoms with Crippen molar-refractivity contribution in [2.45, 2.75) is 39.6 Å². The number of aliphatic hydroxyl groups excluding tert-OH is 1. The molecule has 2 aromatic heterocycles. The van der Waals surface area contributed by atoms with E-state index < -0.39 is 19.5 Å². The van der Waals surface area contributed by atoms with Crippen molar-refractivity contribution in [1.29, 1.82) is 0 Å². The maximum absolute atomic E-state index is 13.5. The Morgan fingerprint density at radius 2 is 2.06 bits per heavy atom. The molecule has 12 nitrogen and oxygen atoms in total. The Morgan fingerprint density at radius 3 is 2.76 bits per heavy atom. The van der Waals surface area contributed by atoms with Crippen LogP contribution in [0.3, 0.4) is 0 Å². The Kier molecular flexibility index (Phi) is 9.08. The van der Waals surface area contributed by atoms with Crippen LogP contribution in [0.4, 0.5) is 5.95 Å². The van der Waals surface area contributed by atoms with Crippen LogP contribution in [0.1, 0.15) is 25.1 Å². The number of aromatic nitrogens is 4. The van der Waals surface area contributed by atoms with E-state index in [1.54, 1.807) is 18.4 Å². The molecule has 0 aliphatic rings. The summed E-state index contributed by atoms with van der Waals surface area (Å²) in [5.74, 6) is -0.511. The average Bonchev–Trinajstić information content (AvgIpc) is 3.23. The highest BCUT2D eigenvalue weighted by Crippen LogP contribution is 2.44. The van der Waals surface area contributed by atoms with Crippen LogP contribution < -0.4 is 10.8 Å². The number of rotatable bonds is 13. The molecule has 1 aromatic carbocycles. The lowest BCUT2D eigenvalue weighted by molar-refractivity contribution is -0.144. The first-order chi connectivity index (χ1) is 16.3. The van der Waals surface area contributed by atoms with Gasteiger partial charge in [0.25, 0.3) is 7.52 Å². The highest BCUT2D eigenvalue weighted by Gasteiger charge is 2.29. The van der Waals surface area contributed by atoms with Crippen molar-refractivity contribution in [2.75, 3.05) is 25.3 Å². The minimum absolute atomic E-state index is 0.0233. The van der Waals surface area contributed by atoms with Crippen molar-refractivity contribution in [3.05, 3.63) is 47.9 Å². The normalized spacial score (nSPS) is 14.1. The van der Waals surface area contributed by atoms with E-state index in [0.717, 1.165) is 5.56 Å². The summed E-state index contributed by atoms with van der Waals surface area (Å²) >= 11 is 0. The zero-order valence-electron chi connectivity index (χ0n) is 19.1. The number of imidazole rings is 1. The van der Waals surface area contributed by atoms with Crippen molar-refractivity contribution < 1.29 is 28.5 Å². The molecule has 0 spiro atoms. The largest absolute Gasteiger partial charge is 0.465 e. The molecule has 3 rings (SSSR count). The number of aliphatic hydroxyl groups is 1. The number of nitrogens with one attached hydrogen (secondary N) is 1. The summed E-state index contributed by atoms with van der Waals surface area (Å²) < 4.78 is 31.5. The molecule has 0 unspecified atom stereocenters. The Labute approximate surface area is 197 Å². The summed E-state index contributed by atoms with van der Waals surface area (Å²) in [7, 11) is -3.57. The minimum atomic E-state index is -3.57. The second-order valence-electron chi connectivity index (χ2n) is 7.37. The second kappa shape index (κ2) is 12.0. The summed E-state index contributed by atoms with van der Waals surface area (Å²) in [6, 6.07) is 8.41. The van der Waals surface area contributed by atoms with Crippen LogP contribution in [-0.4, -0.2) is 56.2 Å². The van der Waals surface area contributed by atoms with E-state index in [9.17, 15) is 14.5 Å². The molecule has 0 aliphatic heterocycles. The number of carbonyl (C=O) groups is 1. The van der Waals surface area contributed by atoms with Gasteiger partial charge in [0.05, 0.1) is 38.4 Å². The maximum Gasteiger partial charge on any atom is 0.323 e. The number of ether oxygens (including phenoxy) is 2. The first-order valence-corrected chi connectivity index (χ1v) is 12.5. The molecule has 184 valence electrons. The number of esters is 1. The van der Waals surface area contributed by atoms with Crippen molar-refractivity contribution >= 4 is 30.6 Å². The smallest absolute Gasteiger partial charge is 0.323 e. The number of hydrogen-bond acceptors (Lipinski definition) is 10. The van der Waals surface area contributed by atoms with Gasteiger partial charge in [-0.05, 0) is 19.4 Å². The van der Waals surface area contributed by atoms with Crippen LogP contribution in [-0.2, 0) is 43.1 Å². The third-order valence-corrected chi connectivity index (χ3v) is 6.60. The molecule has 2 atom stereocenters. The van der Waals surface area contributed by atoms with Gasteiger partial charge >= 0.3 is 5.97 Å². The Balaban J connectivity index is 1.64. The van der Waals surface area contributed by atoms with Crippen molar-refractivity contribution in [3.8, 4) is 0 Å². The van der Waals surface area contributed by atoms with Gasteiger partial charge in [0.1, 0.15) is 17.9 Å². The molecule has 4 N–H and O–H groups in total. The van der Waals surface area contributed by atoms with Gasteiger partial charge in [-0.25, -0.2) is 15.1 Å². The molecule has 13 heteroatoms. The third kappa shape index (κ3) is 6.81. The number of anilines is 1. The van der Waals surface area contributed by atoms with Gasteiger partial charge in [-0.1, -0.05) is 30.3 Å². The Bertz CT molecular complexity index is 1140. The minimum Gasteiger partial charge on any atom is -0.465 e. The van der Waals surface area contributed by atoms with Crippen LogP contribution in [0.15, 0.2) is 36.7 Å². The molecule has 3 aromatic rings. The number of carbonyl (C=O) groups excluding carboxylic acids is 1. The molecular formula is C21H29N6O6P. The number of nitrogen functional groups attached to an aromatic ring is 1. The Morgan fingerprint density at radius 1 is 1.29 bits per heavy atom. The van der Waals surface area contributed by atoms with Crippen molar-refractivity contribution in [3.63, 3.8) is 0 Å². The van der Waals surface area contributed by atoms with Crippen LogP contribution in [0, 0.1) is 0 Å². The van der Waals surface area contributed by atoms with Crippen LogP contribution in [0.5, 0.6) is 0 Å². The van der Waals surface area contributed by atoms with E-state index in [1.807, 2.05) is 30.3 Å². The second-order valence-corrected chi connectivity index (χ2v) is 9.49. The molecule has 0 radical (unpaired) electrons. The number of fused-ring (bicyclic) bond motifs is 1. The number of hydrogen-bond donors (Lipinski definition) is 3. The Hall–Kier alpha value is -2.89. The molecule has 0 saturated heterocycles. The lowest BCUT2D eigenvalue weighted by atomic mass is 10.2. The van der Waals surface area contributed by atoms with Crippen molar-refractivity contribution in [2.24, 2.45) is 0 Å². The van der Waals surface area contributed by atoms with E-state index in [-0.39, 0.29) is 38.7 Å². The van der Waals surface area contributed by atoms with Crippen LogP contribution in [0.25, 0.3) is 11.2 Å². The number of nitrogens with zero attached hydrogens (tertiary/aromatic N) is 4. The predicted octanol–water partition coefficient (Wildman–Crippen LogP) is 1.83. The molecule has 0 amide bonds. The SMILES string of the molecule is CCOC(=O)[C@H](C)N[P@@](=O)(COCCn1cnc2c(CO)nc(N)nc21)OCc1ccccc1. The summed E-state index contributed by atoms with van der Waals surface area (Å²) in [4.78, 5) is 24.4. The zero-order valence-corrected chi connectivity index (χ0v) is 20.0. The van der Waals surface area contributed by atoms with Gasteiger partial charge in [-0.2, -0.15) is 4.98 Å². The molecule has 0 fully saturated rings. The molecule has 0 aliphatic carbocycles. The van der Waals surface area contributed by atoms with Crippen LogP contribution in [0.2, 0.25) is 0 Å². The first-order valence-electron chi connectivity index (χ1n) is 10.7. The van der Waals surface area contributed by atoms with E-state index in [0.29, 0.717) is 23.4 Å². The van der Waals surface area contributed by atoms with Gasteiger partial charge in [0, 0.05) is 6.54 Å². The van der Waals surface area contributed by atoms with E-state index >= 15 is 0 Å². The van der Waals surface area contributed by atoms with Gasteiger partial charge < -0.3 is 29.4 Å². The summed E-state index contributed by atoms with van der Waals surface area (Å²) in [5.41, 5.74) is 7.77. The van der Waals surface area contributed by atoms with Gasteiger partial charge in [-0.15, -0.1) is 0 Å². The van der Waals surface area contributed by atoms with Crippen molar-refractivity contribution in [1.82, 2.24) is 24.6 Å². The lowest BCUT2D eigenvalue weighted by Gasteiger charge is -2.23. The monoisotopic (exact) mass is 492 g/mol. The van der Waals surface area contributed by atoms with Crippen LogP contribution >= 0.6 is 7.52 Å². The lowest BCUT2D eigenvalue weighted by Crippen LogP contribution is -2.34. The molecular weight excluding hydrogens is 463 g/mol. The quantitative estimate of drug-likeness (QED) is 0.181. The standard InChI is InChI=1S/C21H29N6O6P/c1-3-32-20(29)15(2)26-34(30,33-12-16-7-5-4-6-8-16)14-31-10-9-27-13-23-18-17(11-28)24-21(22)25-19(18)27/h4-8,13,15,28H,3,9-12,14H2,1-2H3,(H,26,30)(H2,22,24,25)/t15-,34+/m0/s1. The van der Waals surface area contributed by atoms with E-state index in [4.69, 9.17) is 19.7 Å². The predicted molar refractivity (Wildman–Crippen MR) is 125 cm³/mol. The third-order valence-electron chi connectivity index (χ3n) is 4.75. The molecule has 2 heterocycles. The topological polar surface area (TPSA) is 164 Å². The fourth-order valence-corrected chi connectivity index (χ4v) is 4.77. The van der Waals surface area contributed by atoms with E-state index in [1.165, 1.54) is 6.33 Å². The number of benzene rings is 1. The van der Waals surface area contributed by atoms with Gasteiger partial charge in [0.2, 0.25) is 5.95 Å². The molecule has 34 heavy (non-hydrogen) atoms. The van der Waals surface area contributed by atoms with Gasteiger partial charge in [-0.3, -0.25) is 9.36 Å². The maximum atomic E-state index is 13.5. The fraction of sp³-hybridized carbons (Fsp3) is 0.429. The fourth-order valence-electron chi connectivity index (χ4n) is 3.12. The summed E-state index contributed by atoms with van der Waals surface area (Å²) in [6.07, 6.45) is 1.27. The average molecular weight is 492 g/mol. The first kappa shape index (κ1) is 25.7. The van der Waals surface area contributed by atoms with Gasteiger partial charge in [0.15, 0.2) is 5.65 Å². The number of nitrogens with two attached hydrogens (primary N) is 1. The van der Waals surface area contributed by atoms with E-state index in [2.05, 4.69) is 20.0 Å². The molecule has 0 bridgehead atoms. The molecule has 0 saturated carbocycles. The summed E-state index contributed by atoms with van der Waals surface area (Å²) in [6.45, 7) is 3.70. The highest BCUT2D eigenvalue weighted by atomic mass is 31.2.